The second-order valence-corrected chi connectivity index (χ2v) is 4.87. The molecule has 2 rings (SSSR count). The summed E-state index contributed by atoms with van der Waals surface area (Å²) in [4.78, 5) is 12.2. The van der Waals surface area contributed by atoms with Crippen LogP contribution in [0.1, 0.15) is 56.2 Å². The largest absolute Gasteiger partial charge is 0.326 e. The lowest BCUT2D eigenvalue weighted by Crippen LogP contribution is -2.28. The van der Waals surface area contributed by atoms with Gasteiger partial charge in [-0.15, -0.1) is 0 Å². The summed E-state index contributed by atoms with van der Waals surface area (Å²) in [5.74, 6) is 0.572. The van der Waals surface area contributed by atoms with Crippen molar-refractivity contribution in [1.82, 2.24) is 4.57 Å². The van der Waals surface area contributed by atoms with Crippen molar-refractivity contribution in [1.29, 1.82) is 0 Å². The van der Waals surface area contributed by atoms with Gasteiger partial charge >= 0.3 is 0 Å². The van der Waals surface area contributed by atoms with Crippen LogP contribution in [0, 0.1) is 0 Å². The molecule has 3 nitrogen and oxygen atoms in total. The van der Waals surface area contributed by atoms with Crippen molar-refractivity contribution in [2.75, 3.05) is 0 Å². The van der Waals surface area contributed by atoms with Crippen molar-refractivity contribution in [3.05, 3.63) is 33.7 Å². The van der Waals surface area contributed by atoms with E-state index in [0.717, 1.165) is 12.1 Å². The maximum Gasteiger partial charge on any atom is 0.255 e. The second-order valence-electron chi connectivity index (χ2n) is 4.87. The summed E-state index contributed by atoms with van der Waals surface area (Å²) in [6.07, 6.45) is 6.37. The molecule has 1 aliphatic carbocycles. The Bertz CT molecular complexity index is 430. The molecule has 0 bridgehead atoms. The van der Waals surface area contributed by atoms with Crippen LogP contribution in [0.5, 0.6) is 0 Å². The van der Waals surface area contributed by atoms with Crippen molar-refractivity contribution in [3.8, 4) is 0 Å². The molecule has 0 radical (unpaired) electrons. The molecule has 0 aliphatic heterocycles. The van der Waals surface area contributed by atoms with E-state index < -0.39 is 0 Å². The number of nitrogens with zero attached hydrogens (tertiary/aromatic N) is 1. The molecular weight excluding hydrogens is 212 g/mol. The Balaban J connectivity index is 2.39. The zero-order valence-electron chi connectivity index (χ0n) is 10.6. The maximum atomic E-state index is 12.2. The molecule has 1 aromatic heterocycles. The van der Waals surface area contributed by atoms with Crippen LogP contribution in [0.15, 0.2) is 16.9 Å². The van der Waals surface area contributed by atoms with E-state index >= 15 is 0 Å². The normalized spacial score (nSPS) is 17.3. The zero-order chi connectivity index (χ0) is 12.3. The van der Waals surface area contributed by atoms with Gasteiger partial charge in [-0.3, -0.25) is 4.79 Å². The fraction of sp³-hybridized carbons (Fsp3) is 0.643. The van der Waals surface area contributed by atoms with Gasteiger partial charge in [-0.25, -0.2) is 0 Å². The Morgan fingerprint density at radius 2 is 2.00 bits per heavy atom. The lowest BCUT2D eigenvalue weighted by Gasteiger charge is -2.25. The summed E-state index contributed by atoms with van der Waals surface area (Å²) in [6, 6.07) is 4.03. The van der Waals surface area contributed by atoms with Crippen molar-refractivity contribution in [2.45, 2.75) is 58.0 Å². The molecule has 1 fully saturated rings. The molecule has 0 unspecified atom stereocenters. The third-order valence-corrected chi connectivity index (χ3v) is 3.85. The SMILES string of the molecule is CCn1c(C2CCCCC2)ccc(CN)c1=O. The Labute approximate surface area is 103 Å². The van der Waals surface area contributed by atoms with Gasteiger partial charge in [0.15, 0.2) is 0 Å². The van der Waals surface area contributed by atoms with Crippen LogP contribution in [-0.4, -0.2) is 4.57 Å². The molecule has 0 spiro atoms. The van der Waals surface area contributed by atoms with E-state index in [0.29, 0.717) is 12.5 Å². The van der Waals surface area contributed by atoms with Crippen LogP contribution in [0.3, 0.4) is 0 Å². The van der Waals surface area contributed by atoms with Crippen LogP contribution in [0.4, 0.5) is 0 Å². The number of aromatic nitrogens is 1. The minimum absolute atomic E-state index is 0.109. The highest BCUT2D eigenvalue weighted by Gasteiger charge is 2.19. The topological polar surface area (TPSA) is 48.0 Å². The highest BCUT2D eigenvalue weighted by atomic mass is 16.1. The number of hydrogen-bond acceptors (Lipinski definition) is 2. The third-order valence-electron chi connectivity index (χ3n) is 3.85. The van der Waals surface area contributed by atoms with E-state index in [4.69, 9.17) is 5.73 Å². The standard InChI is InChI=1S/C14H22N2O/c1-2-16-13(11-6-4-3-5-7-11)9-8-12(10-15)14(16)17/h8-9,11H,2-7,10,15H2,1H3. The third kappa shape index (κ3) is 2.44. The smallest absolute Gasteiger partial charge is 0.255 e. The maximum absolute atomic E-state index is 12.2. The summed E-state index contributed by atoms with van der Waals surface area (Å²) in [7, 11) is 0. The molecular formula is C14H22N2O. The summed E-state index contributed by atoms with van der Waals surface area (Å²) in [5.41, 5.74) is 7.64. The molecule has 1 saturated carbocycles. The average molecular weight is 234 g/mol. The lowest BCUT2D eigenvalue weighted by molar-refractivity contribution is 0.420. The molecule has 2 N–H and O–H groups in total. The van der Waals surface area contributed by atoms with E-state index in [-0.39, 0.29) is 5.56 Å². The second kappa shape index (κ2) is 5.50. The van der Waals surface area contributed by atoms with E-state index in [2.05, 4.69) is 6.07 Å². The summed E-state index contributed by atoms with van der Waals surface area (Å²) in [6.45, 7) is 3.12. The van der Waals surface area contributed by atoms with E-state index in [9.17, 15) is 4.79 Å². The Morgan fingerprint density at radius 1 is 1.29 bits per heavy atom. The summed E-state index contributed by atoms with van der Waals surface area (Å²) in [5, 5.41) is 0. The number of nitrogens with two attached hydrogens (primary N) is 1. The van der Waals surface area contributed by atoms with Gasteiger partial charge in [-0.05, 0) is 31.7 Å². The van der Waals surface area contributed by atoms with Crippen molar-refractivity contribution < 1.29 is 0 Å². The molecule has 0 saturated heterocycles. The highest BCUT2D eigenvalue weighted by molar-refractivity contribution is 5.19. The van der Waals surface area contributed by atoms with Gasteiger partial charge in [0, 0.05) is 24.3 Å². The first-order chi connectivity index (χ1) is 8.27. The van der Waals surface area contributed by atoms with Crippen molar-refractivity contribution in [2.24, 2.45) is 5.73 Å². The first-order valence-electron chi connectivity index (χ1n) is 6.70. The van der Waals surface area contributed by atoms with Crippen molar-refractivity contribution >= 4 is 0 Å². The molecule has 0 aromatic carbocycles. The van der Waals surface area contributed by atoms with Crippen LogP contribution in [0.25, 0.3) is 0 Å². The first kappa shape index (κ1) is 12.4. The number of rotatable bonds is 3. The Morgan fingerprint density at radius 3 is 2.59 bits per heavy atom. The van der Waals surface area contributed by atoms with Gasteiger partial charge in [0.05, 0.1) is 0 Å². The van der Waals surface area contributed by atoms with Crippen LogP contribution >= 0.6 is 0 Å². The van der Waals surface area contributed by atoms with Gasteiger partial charge in [-0.2, -0.15) is 0 Å². The molecule has 0 amide bonds. The lowest BCUT2D eigenvalue weighted by atomic mass is 9.86. The van der Waals surface area contributed by atoms with E-state index in [1.165, 1.54) is 37.8 Å². The Hall–Kier alpha value is -1.09. The van der Waals surface area contributed by atoms with Crippen LogP contribution in [0.2, 0.25) is 0 Å². The molecule has 94 valence electrons. The van der Waals surface area contributed by atoms with Gasteiger partial charge in [-0.1, -0.05) is 25.3 Å². The average Bonchev–Trinajstić information content (AvgIpc) is 2.39. The molecule has 17 heavy (non-hydrogen) atoms. The summed E-state index contributed by atoms with van der Waals surface area (Å²) < 4.78 is 1.91. The number of hydrogen-bond donors (Lipinski definition) is 1. The monoisotopic (exact) mass is 234 g/mol. The predicted octanol–water partition coefficient (Wildman–Crippen LogP) is 2.37. The highest BCUT2D eigenvalue weighted by Crippen LogP contribution is 2.32. The minimum atomic E-state index is 0.109. The molecule has 1 aromatic rings. The van der Waals surface area contributed by atoms with E-state index in [1.54, 1.807) is 0 Å². The number of pyridine rings is 1. The van der Waals surface area contributed by atoms with Crippen LogP contribution in [-0.2, 0) is 13.1 Å². The van der Waals surface area contributed by atoms with Gasteiger partial charge < -0.3 is 10.3 Å². The van der Waals surface area contributed by atoms with Crippen molar-refractivity contribution in [3.63, 3.8) is 0 Å². The minimum Gasteiger partial charge on any atom is -0.326 e. The summed E-state index contributed by atoms with van der Waals surface area (Å²) >= 11 is 0. The zero-order valence-corrected chi connectivity index (χ0v) is 10.6. The van der Waals surface area contributed by atoms with E-state index in [1.807, 2.05) is 17.6 Å². The first-order valence-corrected chi connectivity index (χ1v) is 6.70. The van der Waals surface area contributed by atoms with Gasteiger partial charge in [0.2, 0.25) is 0 Å². The quantitative estimate of drug-likeness (QED) is 0.873. The fourth-order valence-electron chi connectivity index (χ4n) is 2.87. The molecule has 0 atom stereocenters. The van der Waals surface area contributed by atoms with Crippen LogP contribution < -0.4 is 11.3 Å². The van der Waals surface area contributed by atoms with Gasteiger partial charge in [0.25, 0.3) is 5.56 Å². The molecule has 1 heterocycles. The predicted molar refractivity (Wildman–Crippen MR) is 70.1 cm³/mol. The fourth-order valence-corrected chi connectivity index (χ4v) is 2.87. The Kier molecular flexibility index (Phi) is 4.00. The molecule has 1 aliphatic rings. The van der Waals surface area contributed by atoms with Gasteiger partial charge in [0.1, 0.15) is 0 Å². The molecule has 3 heteroatoms.